The normalized spacial score (nSPS) is 21.7. The quantitative estimate of drug-likeness (QED) is 0.657. The van der Waals surface area contributed by atoms with Crippen LogP contribution in [0, 0.1) is 5.92 Å². The molecule has 1 aromatic carbocycles. The first-order valence-electron chi connectivity index (χ1n) is 9.57. The molecule has 0 radical (unpaired) electrons. The number of anilines is 1. The van der Waals surface area contributed by atoms with Gasteiger partial charge in [0.15, 0.2) is 0 Å². The van der Waals surface area contributed by atoms with Gasteiger partial charge in [-0.05, 0) is 12.1 Å². The number of nitrogens with zero attached hydrogens (tertiary/aromatic N) is 2. The van der Waals surface area contributed by atoms with Gasteiger partial charge in [0.1, 0.15) is 41.9 Å². The van der Waals surface area contributed by atoms with E-state index in [-0.39, 0.29) is 23.2 Å². The third-order valence-corrected chi connectivity index (χ3v) is 5.31. The fraction of sp³-hybridized carbons (Fsp3) is 0.400. The second-order valence-corrected chi connectivity index (χ2v) is 7.41. The van der Waals surface area contributed by atoms with Crippen LogP contribution in [0.4, 0.5) is 19.0 Å². The van der Waals surface area contributed by atoms with Crippen LogP contribution in [-0.2, 0) is 15.7 Å². The zero-order valence-electron chi connectivity index (χ0n) is 15.8. The minimum absolute atomic E-state index is 0.115. The van der Waals surface area contributed by atoms with Crippen molar-refractivity contribution in [3.05, 3.63) is 47.9 Å². The summed E-state index contributed by atoms with van der Waals surface area (Å²) in [5.74, 6) is 1.35. The Balaban J connectivity index is 1.47. The van der Waals surface area contributed by atoms with Gasteiger partial charge < -0.3 is 24.5 Å². The number of aromatic amines is 1. The first-order chi connectivity index (χ1) is 14.5. The van der Waals surface area contributed by atoms with Crippen LogP contribution >= 0.6 is 0 Å². The average Bonchev–Trinajstić information content (AvgIpc) is 3.14. The summed E-state index contributed by atoms with van der Waals surface area (Å²) in [5.41, 5.74) is 0.104. The summed E-state index contributed by atoms with van der Waals surface area (Å²) in [5, 5.41) is 3.54. The molecule has 0 bridgehead atoms. The molecule has 158 valence electrons. The number of alkyl halides is 3. The second kappa shape index (κ2) is 7.44. The number of fused-ring (bicyclic) bond motifs is 2. The highest BCUT2D eigenvalue weighted by Gasteiger charge is 2.35. The highest BCUT2D eigenvalue weighted by molar-refractivity contribution is 5.88. The van der Waals surface area contributed by atoms with Crippen molar-refractivity contribution in [2.24, 2.45) is 5.92 Å². The number of H-pyrrole nitrogens is 1. The van der Waals surface area contributed by atoms with Crippen LogP contribution < -0.4 is 10.1 Å². The third-order valence-electron chi connectivity index (χ3n) is 5.31. The third kappa shape index (κ3) is 3.56. The van der Waals surface area contributed by atoms with E-state index >= 15 is 0 Å². The topological polar surface area (TPSA) is 81.3 Å². The summed E-state index contributed by atoms with van der Waals surface area (Å²) >= 11 is 0. The molecule has 1 saturated heterocycles. The molecule has 2 aliphatic rings. The molecule has 2 atom stereocenters. The largest absolute Gasteiger partial charge is 0.490 e. The van der Waals surface area contributed by atoms with Crippen LogP contribution in [-0.4, -0.2) is 47.5 Å². The lowest BCUT2D eigenvalue weighted by Crippen LogP contribution is -2.41. The number of halogens is 3. The van der Waals surface area contributed by atoms with E-state index in [0.717, 1.165) is 11.6 Å². The van der Waals surface area contributed by atoms with Gasteiger partial charge in [-0.1, -0.05) is 18.2 Å². The number of aromatic nitrogens is 3. The van der Waals surface area contributed by atoms with Crippen LogP contribution in [0.5, 0.6) is 5.75 Å². The monoisotopic (exact) mass is 420 g/mol. The van der Waals surface area contributed by atoms with Gasteiger partial charge in [-0.2, -0.15) is 13.2 Å². The molecule has 0 spiro atoms. The Morgan fingerprint density at radius 1 is 1.17 bits per heavy atom. The first kappa shape index (κ1) is 19.1. The Morgan fingerprint density at radius 3 is 2.77 bits per heavy atom. The number of nitrogens with one attached hydrogen (secondary N) is 2. The van der Waals surface area contributed by atoms with Gasteiger partial charge in [0.25, 0.3) is 0 Å². The fourth-order valence-corrected chi connectivity index (χ4v) is 3.65. The first-order valence-corrected chi connectivity index (χ1v) is 9.57. The van der Waals surface area contributed by atoms with Gasteiger partial charge in [-0.3, -0.25) is 0 Å². The fourth-order valence-electron chi connectivity index (χ4n) is 3.65. The minimum Gasteiger partial charge on any atom is -0.490 e. The Kier molecular flexibility index (Phi) is 4.75. The molecule has 2 aromatic heterocycles. The predicted octanol–water partition coefficient (Wildman–Crippen LogP) is 3.55. The molecule has 2 aliphatic heterocycles. The van der Waals surface area contributed by atoms with Crippen molar-refractivity contribution in [1.82, 2.24) is 15.0 Å². The standard InChI is InChI=1S/C20H19F3N4O3/c21-20(22,23)16-5-13-18(26-16)24-10-25-19(13)27-17-12-3-1-2-4-14(12)30-9-15(17)29-8-11-6-28-7-11/h1-5,10-11,15,17H,6-9H2,(H2,24,25,26,27)/t15-,17-/m0/s1. The van der Waals surface area contributed by atoms with E-state index in [2.05, 4.69) is 20.3 Å². The lowest BCUT2D eigenvalue weighted by atomic mass is 9.97. The number of ether oxygens (including phenoxy) is 3. The summed E-state index contributed by atoms with van der Waals surface area (Å²) in [6.45, 7) is 2.17. The van der Waals surface area contributed by atoms with Crippen molar-refractivity contribution in [2.75, 3.05) is 31.7 Å². The molecule has 0 saturated carbocycles. The van der Waals surface area contributed by atoms with E-state index in [4.69, 9.17) is 14.2 Å². The maximum Gasteiger partial charge on any atom is 0.431 e. The van der Waals surface area contributed by atoms with Crippen LogP contribution in [0.2, 0.25) is 0 Å². The molecule has 5 rings (SSSR count). The molecule has 0 amide bonds. The Morgan fingerprint density at radius 2 is 2.00 bits per heavy atom. The van der Waals surface area contributed by atoms with Crippen LogP contribution in [0.15, 0.2) is 36.7 Å². The van der Waals surface area contributed by atoms with Gasteiger partial charge in [0.05, 0.1) is 31.2 Å². The summed E-state index contributed by atoms with van der Waals surface area (Å²) in [6, 6.07) is 8.18. The Hall–Kier alpha value is -2.85. The molecule has 4 heterocycles. The zero-order valence-corrected chi connectivity index (χ0v) is 15.8. The summed E-state index contributed by atoms with van der Waals surface area (Å²) in [7, 11) is 0. The van der Waals surface area contributed by atoms with Crippen LogP contribution in [0.3, 0.4) is 0 Å². The molecule has 2 N–H and O–H groups in total. The molecule has 1 fully saturated rings. The van der Waals surface area contributed by atoms with Crippen molar-refractivity contribution in [3.63, 3.8) is 0 Å². The molecule has 10 heteroatoms. The highest BCUT2D eigenvalue weighted by atomic mass is 19.4. The number of hydrogen-bond donors (Lipinski definition) is 2. The van der Waals surface area contributed by atoms with Gasteiger partial charge in [0, 0.05) is 11.5 Å². The molecular formula is C20H19F3N4O3. The highest BCUT2D eigenvalue weighted by Crippen LogP contribution is 2.38. The molecule has 0 unspecified atom stereocenters. The maximum absolute atomic E-state index is 13.1. The number of para-hydroxylation sites is 1. The van der Waals surface area contributed by atoms with E-state index in [1.807, 2.05) is 24.3 Å². The Labute approximate surface area is 169 Å². The van der Waals surface area contributed by atoms with Crippen LogP contribution in [0.25, 0.3) is 11.0 Å². The van der Waals surface area contributed by atoms with Gasteiger partial charge in [-0.15, -0.1) is 0 Å². The van der Waals surface area contributed by atoms with E-state index in [9.17, 15) is 13.2 Å². The summed E-state index contributed by atoms with van der Waals surface area (Å²) in [6.07, 6.45) is -3.61. The van der Waals surface area contributed by atoms with E-state index in [1.54, 1.807) is 0 Å². The van der Waals surface area contributed by atoms with Crippen molar-refractivity contribution >= 4 is 16.9 Å². The van der Waals surface area contributed by atoms with E-state index in [0.29, 0.717) is 43.9 Å². The minimum atomic E-state index is -4.50. The number of rotatable bonds is 5. The van der Waals surface area contributed by atoms with Gasteiger partial charge >= 0.3 is 6.18 Å². The SMILES string of the molecule is FC(F)(F)c1cc2c(N[C@H]3c4ccccc4OC[C@@H]3OCC3COC3)ncnc2[nH]1. The van der Waals surface area contributed by atoms with Crippen molar-refractivity contribution in [2.45, 2.75) is 18.3 Å². The summed E-state index contributed by atoms with van der Waals surface area (Å²) in [4.78, 5) is 10.4. The molecule has 7 nitrogen and oxygen atoms in total. The Bertz CT molecular complexity index is 1050. The predicted molar refractivity (Wildman–Crippen MR) is 101 cm³/mol. The van der Waals surface area contributed by atoms with Crippen molar-refractivity contribution in [1.29, 1.82) is 0 Å². The van der Waals surface area contributed by atoms with E-state index < -0.39 is 11.9 Å². The summed E-state index contributed by atoms with van der Waals surface area (Å²) < 4.78 is 56.6. The molecule has 0 aliphatic carbocycles. The van der Waals surface area contributed by atoms with Crippen molar-refractivity contribution < 1.29 is 27.4 Å². The number of hydrogen-bond acceptors (Lipinski definition) is 6. The van der Waals surface area contributed by atoms with Gasteiger partial charge in [0.2, 0.25) is 0 Å². The van der Waals surface area contributed by atoms with Gasteiger partial charge in [-0.25, -0.2) is 9.97 Å². The van der Waals surface area contributed by atoms with E-state index in [1.165, 1.54) is 6.33 Å². The lowest BCUT2D eigenvalue weighted by molar-refractivity contribution is -0.140. The molecule has 30 heavy (non-hydrogen) atoms. The molecular weight excluding hydrogens is 401 g/mol. The molecule has 3 aromatic rings. The lowest BCUT2D eigenvalue weighted by Gasteiger charge is -2.36. The maximum atomic E-state index is 13.1. The zero-order chi connectivity index (χ0) is 20.7. The smallest absolute Gasteiger partial charge is 0.431 e. The second-order valence-electron chi connectivity index (χ2n) is 7.41. The van der Waals surface area contributed by atoms with Crippen molar-refractivity contribution in [3.8, 4) is 5.75 Å². The number of benzene rings is 1. The average molecular weight is 420 g/mol. The van der Waals surface area contributed by atoms with Crippen LogP contribution in [0.1, 0.15) is 17.3 Å².